The lowest BCUT2D eigenvalue weighted by Gasteiger charge is -2.18. The minimum absolute atomic E-state index is 0.284. The Morgan fingerprint density at radius 3 is 1.64 bits per heavy atom. The lowest BCUT2D eigenvalue weighted by atomic mass is 9.91. The third kappa shape index (κ3) is 3.64. The second-order valence-corrected chi connectivity index (χ2v) is 6.77. The van der Waals surface area contributed by atoms with Crippen LogP contribution in [0.1, 0.15) is 17.2 Å². The SMILES string of the molecule is C=Nc1ccccc1C(N)c1cc(-c2ccccc2)cc(-c2ccccc2)c1. The molecule has 0 heterocycles. The molecule has 1 unspecified atom stereocenters. The summed E-state index contributed by atoms with van der Waals surface area (Å²) in [5, 5.41) is 0. The Morgan fingerprint density at radius 1 is 0.607 bits per heavy atom. The van der Waals surface area contributed by atoms with Gasteiger partial charge in [-0.1, -0.05) is 78.9 Å². The second-order valence-electron chi connectivity index (χ2n) is 6.77. The molecule has 0 saturated carbocycles. The molecule has 0 radical (unpaired) electrons. The number of rotatable bonds is 5. The summed E-state index contributed by atoms with van der Waals surface area (Å²) in [5.74, 6) is 0. The Balaban J connectivity index is 1.88. The van der Waals surface area contributed by atoms with E-state index in [1.807, 2.05) is 36.4 Å². The summed E-state index contributed by atoms with van der Waals surface area (Å²) in [6.07, 6.45) is 0. The molecule has 4 aromatic carbocycles. The molecule has 2 N–H and O–H groups in total. The number of nitrogens with zero attached hydrogens (tertiary/aromatic N) is 1. The fraction of sp³-hybridized carbons (Fsp3) is 0.0385. The number of hydrogen-bond acceptors (Lipinski definition) is 2. The Morgan fingerprint density at radius 2 is 1.11 bits per heavy atom. The van der Waals surface area contributed by atoms with E-state index in [4.69, 9.17) is 5.73 Å². The van der Waals surface area contributed by atoms with E-state index in [-0.39, 0.29) is 6.04 Å². The average Bonchev–Trinajstić information content (AvgIpc) is 2.79. The van der Waals surface area contributed by atoms with Crippen molar-refractivity contribution in [2.45, 2.75) is 6.04 Å². The summed E-state index contributed by atoms with van der Waals surface area (Å²) in [5.41, 5.74) is 14.2. The molecule has 136 valence electrons. The Kier molecular flexibility index (Phi) is 5.14. The van der Waals surface area contributed by atoms with Gasteiger partial charge >= 0.3 is 0 Å². The first-order chi connectivity index (χ1) is 13.8. The van der Waals surface area contributed by atoms with Crippen LogP contribution in [0.3, 0.4) is 0 Å². The van der Waals surface area contributed by atoms with Gasteiger partial charge in [0.2, 0.25) is 0 Å². The van der Waals surface area contributed by atoms with Gasteiger partial charge in [0, 0.05) is 0 Å². The second kappa shape index (κ2) is 8.03. The third-order valence-corrected chi connectivity index (χ3v) is 4.97. The molecule has 0 spiro atoms. The lowest BCUT2D eigenvalue weighted by Crippen LogP contribution is -2.12. The molecule has 1 atom stereocenters. The molecular formula is C26H22N2. The first-order valence-corrected chi connectivity index (χ1v) is 9.33. The molecule has 0 aromatic heterocycles. The Hall–Kier alpha value is -3.49. The topological polar surface area (TPSA) is 38.4 Å². The zero-order chi connectivity index (χ0) is 19.3. The van der Waals surface area contributed by atoms with Crippen LogP contribution in [0.5, 0.6) is 0 Å². The van der Waals surface area contributed by atoms with Crippen LogP contribution in [0.25, 0.3) is 22.3 Å². The minimum Gasteiger partial charge on any atom is -0.320 e. The van der Waals surface area contributed by atoms with Crippen molar-refractivity contribution in [2.75, 3.05) is 0 Å². The van der Waals surface area contributed by atoms with Crippen molar-refractivity contribution in [1.82, 2.24) is 0 Å². The van der Waals surface area contributed by atoms with Gasteiger partial charge in [0.25, 0.3) is 0 Å². The zero-order valence-corrected chi connectivity index (χ0v) is 15.6. The molecule has 0 aliphatic heterocycles. The van der Waals surface area contributed by atoms with E-state index in [9.17, 15) is 0 Å². The van der Waals surface area contributed by atoms with Crippen LogP contribution in [0, 0.1) is 0 Å². The first kappa shape index (κ1) is 17.9. The van der Waals surface area contributed by atoms with Crippen LogP contribution >= 0.6 is 0 Å². The Bertz CT molecular complexity index is 1030. The highest BCUT2D eigenvalue weighted by Gasteiger charge is 2.15. The van der Waals surface area contributed by atoms with Gasteiger partial charge in [0.1, 0.15) is 0 Å². The van der Waals surface area contributed by atoms with E-state index < -0.39 is 0 Å². The highest BCUT2D eigenvalue weighted by Crippen LogP contribution is 2.34. The van der Waals surface area contributed by atoms with E-state index in [1.54, 1.807) is 0 Å². The molecule has 0 saturated heterocycles. The quantitative estimate of drug-likeness (QED) is 0.410. The molecule has 4 rings (SSSR count). The van der Waals surface area contributed by atoms with Crippen LogP contribution in [-0.4, -0.2) is 6.72 Å². The minimum atomic E-state index is -0.284. The van der Waals surface area contributed by atoms with Crippen molar-refractivity contribution in [3.8, 4) is 22.3 Å². The van der Waals surface area contributed by atoms with Crippen molar-refractivity contribution in [1.29, 1.82) is 0 Å². The number of para-hydroxylation sites is 1. The summed E-state index contributed by atoms with van der Waals surface area (Å²) in [6.45, 7) is 3.69. The van der Waals surface area contributed by atoms with Crippen LogP contribution in [0.2, 0.25) is 0 Å². The molecule has 28 heavy (non-hydrogen) atoms. The fourth-order valence-corrected chi connectivity index (χ4v) is 3.50. The van der Waals surface area contributed by atoms with Crippen molar-refractivity contribution in [3.63, 3.8) is 0 Å². The molecule has 0 amide bonds. The third-order valence-electron chi connectivity index (χ3n) is 4.97. The summed E-state index contributed by atoms with van der Waals surface area (Å²) in [4.78, 5) is 4.15. The van der Waals surface area contributed by atoms with Gasteiger partial charge < -0.3 is 5.73 Å². The maximum absolute atomic E-state index is 6.70. The van der Waals surface area contributed by atoms with Crippen LogP contribution in [-0.2, 0) is 0 Å². The largest absolute Gasteiger partial charge is 0.320 e. The Labute approximate surface area is 166 Å². The molecule has 0 bridgehead atoms. The maximum atomic E-state index is 6.70. The summed E-state index contributed by atoms with van der Waals surface area (Å²) in [6, 6.07) is 35.0. The van der Waals surface area contributed by atoms with E-state index in [2.05, 4.69) is 78.4 Å². The van der Waals surface area contributed by atoms with Crippen molar-refractivity contribution in [3.05, 3.63) is 114 Å². The van der Waals surface area contributed by atoms with Crippen LogP contribution < -0.4 is 5.73 Å². The number of aliphatic imine (C=N–C) groups is 1. The number of nitrogens with two attached hydrogens (primary N) is 1. The van der Waals surface area contributed by atoms with E-state index in [0.29, 0.717) is 0 Å². The lowest BCUT2D eigenvalue weighted by molar-refractivity contribution is 0.873. The van der Waals surface area contributed by atoms with Gasteiger partial charge in [-0.05, 0) is 64.4 Å². The first-order valence-electron chi connectivity index (χ1n) is 9.33. The number of hydrogen-bond donors (Lipinski definition) is 1. The smallest absolute Gasteiger partial charge is 0.0673 e. The summed E-state index contributed by atoms with van der Waals surface area (Å²) < 4.78 is 0. The van der Waals surface area contributed by atoms with Gasteiger partial charge in [-0.25, -0.2) is 0 Å². The molecule has 4 aromatic rings. The molecule has 2 heteroatoms. The maximum Gasteiger partial charge on any atom is 0.0673 e. The molecular weight excluding hydrogens is 340 g/mol. The van der Waals surface area contributed by atoms with Crippen molar-refractivity contribution in [2.24, 2.45) is 10.7 Å². The van der Waals surface area contributed by atoms with Gasteiger partial charge in [-0.15, -0.1) is 0 Å². The van der Waals surface area contributed by atoms with Crippen molar-refractivity contribution < 1.29 is 0 Å². The van der Waals surface area contributed by atoms with Gasteiger partial charge in [0.15, 0.2) is 0 Å². The molecule has 0 fully saturated rings. The predicted octanol–water partition coefficient (Wildman–Crippen LogP) is 6.40. The van der Waals surface area contributed by atoms with Crippen LogP contribution in [0.15, 0.2) is 108 Å². The van der Waals surface area contributed by atoms with Gasteiger partial charge in [-0.3, -0.25) is 4.99 Å². The highest BCUT2D eigenvalue weighted by atomic mass is 14.7. The van der Waals surface area contributed by atoms with Crippen molar-refractivity contribution >= 4 is 12.4 Å². The van der Waals surface area contributed by atoms with Crippen LogP contribution in [0.4, 0.5) is 5.69 Å². The number of benzene rings is 4. The fourth-order valence-electron chi connectivity index (χ4n) is 3.50. The zero-order valence-electron chi connectivity index (χ0n) is 15.6. The predicted molar refractivity (Wildman–Crippen MR) is 119 cm³/mol. The molecule has 0 aliphatic rings. The average molecular weight is 362 g/mol. The monoisotopic (exact) mass is 362 g/mol. The molecule has 0 aliphatic carbocycles. The van der Waals surface area contributed by atoms with Gasteiger partial charge in [-0.2, -0.15) is 0 Å². The highest BCUT2D eigenvalue weighted by molar-refractivity contribution is 5.75. The van der Waals surface area contributed by atoms with E-state index in [0.717, 1.165) is 27.9 Å². The molecule has 2 nitrogen and oxygen atoms in total. The van der Waals surface area contributed by atoms with E-state index in [1.165, 1.54) is 11.1 Å². The normalized spacial score (nSPS) is 11.8. The van der Waals surface area contributed by atoms with E-state index >= 15 is 0 Å². The van der Waals surface area contributed by atoms with Gasteiger partial charge in [0.05, 0.1) is 11.7 Å². The summed E-state index contributed by atoms with van der Waals surface area (Å²) >= 11 is 0. The summed E-state index contributed by atoms with van der Waals surface area (Å²) in [7, 11) is 0. The standard InChI is InChI=1S/C26H22N2/c1-28-25-15-9-8-14-24(25)26(27)23-17-21(19-10-4-2-5-11-19)16-22(18-23)20-12-6-3-7-13-20/h2-18,26H,1,27H2.